The second-order valence-electron chi connectivity index (χ2n) is 5.91. The van der Waals surface area contributed by atoms with E-state index in [9.17, 15) is 0 Å². The maximum absolute atomic E-state index is 6.37. The topological polar surface area (TPSA) is 26.0 Å². The van der Waals surface area contributed by atoms with Crippen LogP contribution in [0.5, 0.6) is 0 Å². The quantitative estimate of drug-likeness (QED) is 0.823. The Kier molecular flexibility index (Phi) is 4.05. The number of thiophene rings is 1. The summed E-state index contributed by atoms with van der Waals surface area (Å²) < 4.78 is 0. The Hall–Kier alpha value is -0.830. The van der Waals surface area contributed by atoms with Gasteiger partial charge in [0.2, 0.25) is 0 Å². The third kappa shape index (κ3) is 3.02. The molecule has 1 unspecified atom stereocenters. The molecule has 1 aromatic carbocycles. The van der Waals surface area contributed by atoms with Crippen LogP contribution in [0.4, 0.5) is 0 Å². The number of nitrogens with two attached hydrogens (primary N) is 1. The molecule has 3 heteroatoms. The normalized spacial score (nSPS) is 13.6. The van der Waals surface area contributed by atoms with Crippen molar-refractivity contribution in [3.63, 3.8) is 0 Å². The van der Waals surface area contributed by atoms with Crippen molar-refractivity contribution >= 4 is 22.9 Å². The molecule has 0 fully saturated rings. The summed E-state index contributed by atoms with van der Waals surface area (Å²) in [5.74, 6) is 0. The first-order valence-corrected chi connectivity index (χ1v) is 7.61. The van der Waals surface area contributed by atoms with E-state index in [-0.39, 0.29) is 11.5 Å². The molecule has 19 heavy (non-hydrogen) atoms. The van der Waals surface area contributed by atoms with Gasteiger partial charge in [0.1, 0.15) is 0 Å². The molecule has 0 saturated heterocycles. The van der Waals surface area contributed by atoms with Crippen molar-refractivity contribution in [2.45, 2.75) is 39.2 Å². The van der Waals surface area contributed by atoms with Gasteiger partial charge in [0.05, 0.1) is 6.04 Å². The van der Waals surface area contributed by atoms with E-state index in [2.05, 4.69) is 32.9 Å². The zero-order valence-electron chi connectivity index (χ0n) is 11.8. The monoisotopic (exact) mass is 293 g/mol. The highest BCUT2D eigenvalue weighted by Gasteiger charge is 2.20. The summed E-state index contributed by atoms with van der Waals surface area (Å²) in [7, 11) is 0. The predicted molar refractivity (Wildman–Crippen MR) is 85.2 cm³/mol. The lowest BCUT2D eigenvalue weighted by Crippen LogP contribution is -2.11. The molecule has 0 aliphatic carbocycles. The molecule has 0 radical (unpaired) electrons. The molecular weight excluding hydrogens is 274 g/mol. The Balaban J connectivity index is 2.37. The van der Waals surface area contributed by atoms with Gasteiger partial charge in [-0.05, 0) is 35.6 Å². The van der Waals surface area contributed by atoms with Gasteiger partial charge < -0.3 is 5.73 Å². The van der Waals surface area contributed by atoms with Crippen LogP contribution in [0.15, 0.2) is 30.3 Å². The van der Waals surface area contributed by atoms with Crippen LogP contribution >= 0.6 is 22.9 Å². The van der Waals surface area contributed by atoms with Crippen molar-refractivity contribution < 1.29 is 0 Å². The van der Waals surface area contributed by atoms with Crippen LogP contribution in [0.3, 0.4) is 0 Å². The summed E-state index contributed by atoms with van der Waals surface area (Å²) >= 11 is 8.13. The van der Waals surface area contributed by atoms with Gasteiger partial charge in [-0.3, -0.25) is 0 Å². The summed E-state index contributed by atoms with van der Waals surface area (Å²) in [6.45, 7) is 8.66. The summed E-state index contributed by atoms with van der Waals surface area (Å²) in [6, 6.07) is 10.2. The lowest BCUT2D eigenvalue weighted by molar-refractivity contribution is 0.604. The maximum Gasteiger partial charge on any atom is 0.0660 e. The van der Waals surface area contributed by atoms with Crippen LogP contribution in [0.2, 0.25) is 5.02 Å². The standard InChI is InChI=1S/C16H20ClNS/c1-10-6-5-7-11(14(10)17)15(18)12-8-9-13(19-12)16(2,3)4/h5-9,15H,18H2,1-4H3. The molecular formula is C16H20ClNS. The summed E-state index contributed by atoms with van der Waals surface area (Å²) in [6.07, 6.45) is 0. The Bertz CT molecular complexity index is 581. The fourth-order valence-corrected chi connectivity index (χ4v) is 3.32. The summed E-state index contributed by atoms with van der Waals surface area (Å²) in [5, 5.41) is 0.778. The van der Waals surface area contributed by atoms with Crippen molar-refractivity contribution in [1.29, 1.82) is 0 Å². The minimum Gasteiger partial charge on any atom is -0.320 e. The highest BCUT2D eigenvalue weighted by Crippen LogP contribution is 2.36. The third-order valence-electron chi connectivity index (χ3n) is 3.23. The van der Waals surface area contributed by atoms with Gasteiger partial charge in [-0.1, -0.05) is 50.6 Å². The maximum atomic E-state index is 6.37. The van der Waals surface area contributed by atoms with E-state index in [1.54, 1.807) is 11.3 Å². The summed E-state index contributed by atoms with van der Waals surface area (Å²) in [5.41, 5.74) is 8.61. The Morgan fingerprint density at radius 3 is 2.42 bits per heavy atom. The molecule has 0 aliphatic rings. The number of aryl methyl sites for hydroxylation is 1. The molecule has 0 amide bonds. The number of hydrogen-bond donors (Lipinski definition) is 1. The second kappa shape index (κ2) is 5.28. The minimum absolute atomic E-state index is 0.145. The van der Waals surface area contributed by atoms with Crippen molar-refractivity contribution in [2.24, 2.45) is 5.73 Å². The van der Waals surface area contributed by atoms with E-state index in [0.29, 0.717) is 0 Å². The lowest BCUT2D eigenvalue weighted by Gasteiger charge is -2.16. The van der Waals surface area contributed by atoms with Gasteiger partial charge in [0.15, 0.2) is 0 Å². The van der Waals surface area contributed by atoms with Gasteiger partial charge in [0, 0.05) is 14.8 Å². The molecule has 1 nitrogen and oxygen atoms in total. The first-order chi connectivity index (χ1) is 8.80. The van der Waals surface area contributed by atoms with Crippen molar-refractivity contribution in [3.8, 4) is 0 Å². The van der Waals surface area contributed by atoms with Crippen LogP contribution in [0.25, 0.3) is 0 Å². The Morgan fingerprint density at radius 2 is 1.84 bits per heavy atom. The molecule has 102 valence electrons. The number of benzene rings is 1. The van der Waals surface area contributed by atoms with E-state index in [1.807, 2.05) is 25.1 Å². The minimum atomic E-state index is -0.145. The van der Waals surface area contributed by atoms with Crippen molar-refractivity contribution in [3.05, 3.63) is 56.2 Å². The molecule has 2 N–H and O–H groups in total. The van der Waals surface area contributed by atoms with E-state index < -0.39 is 0 Å². The third-order valence-corrected chi connectivity index (χ3v) is 5.34. The molecule has 0 spiro atoms. The van der Waals surface area contributed by atoms with Gasteiger partial charge in [-0.2, -0.15) is 0 Å². The first kappa shape index (κ1) is 14.6. The molecule has 2 aromatic rings. The van der Waals surface area contributed by atoms with Crippen LogP contribution in [0, 0.1) is 6.92 Å². The van der Waals surface area contributed by atoms with Gasteiger partial charge in [-0.15, -0.1) is 11.3 Å². The van der Waals surface area contributed by atoms with E-state index in [1.165, 1.54) is 4.88 Å². The van der Waals surface area contributed by atoms with Crippen LogP contribution in [-0.4, -0.2) is 0 Å². The zero-order chi connectivity index (χ0) is 14.2. The lowest BCUT2D eigenvalue weighted by atomic mass is 9.95. The second-order valence-corrected chi connectivity index (χ2v) is 7.40. The van der Waals surface area contributed by atoms with E-state index in [4.69, 9.17) is 17.3 Å². The van der Waals surface area contributed by atoms with Gasteiger partial charge in [-0.25, -0.2) is 0 Å². The number of rotatable bonds is 2. The number of hydrogen-bond acceptors (Lipinski definition) is 2. The van der Waals surface area contributed by atoms with Crippen LogP contribution < -0.4 is 5.73 Å². The highest BCUT2D eigenvalue weighted by molar-refractivity contribution is 7.12. The van der Waals surface area contributed by atoms with E-state index in [0.717, 1.165) is 21.0 Å². The fraction of sp³-hybridized carbons (Fsp3) is 0.375. The SMILES string of the molecule is Cc1cccc(C(N)c2ccc(C(C)(C)C)s2)c1Cl. The average Bonchev–Trinajstić information content (AvgIpc) is 2.81. The van der Waals surface area contributed by atoms with Crippen LogP contribution in [0.1, 0.15) is 47.7 Å². The first-order valence-electron chi connectivity index (χ1n) is 6.41. The van der Waals surface area contributed by atoms with Crippen LogP contribution in [-0.2, 0) is 5.41 Å². The molecule has 0 saturated carbocycles. The molecule has 1 atom stereocenters. The molecule has 1 aromatic heterocycles. The molecule has 0 aliphatic heterocycles. The average molecular weight is 294 g/mol. The van der Waals surface area contributed by atoms with Crippen molar-refractivity contribution in [1.82, 2.24) is 0 Å². The zero-order valence-corrected chi connectivity index (χ0v) is 13.4. The van der Waals surface area contributed by atoms with Crippen molar-refractivity contribution in [2.75, 3.05) is 0 Å². The van der Waals surface area contributed by atoms with E-state index >= 15 is 0 Å². The number of halogens is 1. The highest BCUT2D eigenvalue weighted by atomic mass is 35.5. The Labute approximate surface area is 124 Å². The summed E-state index contributed by atoms with van der Waals surface area (Å²) in [4.78, 5) is 2.51. The smallest absolute Gasteiger partial charge is 0.0660 e. The fourth-order valence-electron chi connectivity index (χ4n) is 1.99. The Morgan fingerprint density at radius 1 is 1.16 bits per heavy atom. The largest absolute Gasteiger partial charge is 0.320 e. The predicted octanol–water partition coefficient (Wildman–Crippen LogP) is 5.06. The van der Waals surface area contributed by atoms with Gasteiger partial charge >= 0.3 is 0 Å². The molecule has 0 bridgehead atoms. The van der Waals surface area contributed by atoms with Gasteiger partial charge in [0.25, 0.3) is 0 Å². The molecule has 1 heterocycles. The molecule has 2 rings (SSSR count).